The molecule has 0 saturated heterocycles. The average Bonchev–Trinajstić information content (AvgIpc) is 1.77. The van der Waals surface area contributed by atoms with Crippen LogP contribution in [0.4, 0.5) is 34.9 Å². The zero-order valence-corrected chi connectivity index (χ0v) is 67.5. The van der Waals surface area contributed by atoms with E-state index in [-0.39, 0.29) is 23.4 Å². The molecule has 0 spiro atoms. The highest BCUT2D eigenvalue weighted by atomic mass is 32.1. The molecule has 29 nitrogen and oxygen atoms in total. The predicted octanol–water partition coefficient (Wildman–Crippen LogP) is 16.1. The third kappa shape index (κ3) is 22.3. The number of hydrogen-bond acceptors (Lipinski definition) is 24. The van der Waals surface area contributed by atoms with Gasteiger partial charge in [0.2, 0.25) is 0 Å². The quantitative estimate of drug-likeness (QED) is 0.0260. The summed E-state index contributed by atoms with van der Waals surface area (Å²) in [5.74, 6) is 6.01. The number of Topliss-reactive ketones (excluding diaryl/α,β-unsaturated/α-hetero) is 2. The third-order valence-electron chi connectivity index (χ3n) is 18.7. The summed E-state index contributed by atoms with van der Waals surface area (Å²) >= 11 is 1.66. The maximum atomic E-state index is 12.9. The van der Waals surface area contributed by atoms with Crippen molar-refractivity contribution in [2.75, 3.05) is 16.0 Å². The molecule has 14 heterocycles. The van der Waals surface area contributed by atoms with Crippen LogP contribution in [0.5, 0.6) is 0 Å². The van der Waals surface area contributed by atoms with Crippen LogP contribution in [0.1, 0.15) is 146 Å². The summed E-state index contributed by atoms with van der Waals surface area (Å²) in [7, 11) is 0. The van der Waals surface area contributed by atoms with E-state index in [0.717, 1.165) is 104 Å². The Kier molecular flexibility index (Phi) is 25.8. The summed E-state index contributed by atoms with van der Waals surface area (Å²) in [6.07, 6.45) is 16.9. The van der Waals surface area contributed by atoms with Gasteiger partial charge in [-0.05, 0) is 163 Å². The highest BCUT2D eigenvalue weighted by Gasteiger charge is 2.26. The lowest BCUT2D eigenvalue weighted by molar-refractivity contribution is 0.0744. The van der Waals surface area contributed by atoms with Crippen molar-refractivity contribution < 1.29 is 19.2 Å². The van der Waals surface area contributed by atoms with Gasteiger partial charge in [0.15, 0.2) is 52.3 Å². The number of amides is 2. The first-order valence-corrected chi connectivity index (χ1v) is 39.4. The molecule has 1 aliphatic carbocycles. The lowest BCUT2D eigenvalue weighted by Gasteiger charge is -2.15. The number of pyridine rings is 4. The largest absolute Gasteiger partial charge is 0.347 e. The van der Waals surface area contributed by atoms with E-state index >= 15 is 0 Å². The smallest absolute Gasteiger partial charge is 0.273 e. The average molecular weight is 1600 g/mol. The van der Waals surface area contributed by atoms with Gasteiger partial charge in [-0.3, -0.25) is 59.5 Å². The molecule has 0 saturated carbocycles. The minimum atomic E-state index is -0.217. The fourth-order valence-corrected chi connectivity index (χ4v) is 13.5. The van der Waals surface area contributed by atoms with E-state index in [1.54, 1.807) is 60.4 Å². The van der Waals surface area contributed by atoms with Crippen LogP contribution < -0.4 is 21.3 Å². The maximum absolute atomic E-state index is 12.9. The van der Waals surface area contributed by atoms with Gasteiger partial charge in [0, 0.05) is 173 Å². The van der Waals surface area contributed by atoms with Gasteiger partial charge in [-0.25, -0.2) is 39.9 Å². The minimum Gasteiger partial charge on any atom is -0.347 e. The molecular formula is C89H85N25O4S. The molecule has 0 fully saturated rings. The van der Waals surface area contributed by atoms with E-state index < -0.39 is 0 Å². The van der Waals surface area contributed by atoms with Crippen LogP contribution in [-0.4, -0.2) is 129 Å². The molecule has 596 valence electrons. The molecule has 0 atom stereocenters. The monoisotopic (exact) mass is 1600 g/mol. The van der Waals surface area contributed by atoms with Crippen LogP contribution in [0.25, 0.3) is 45.6 Å². The lowest BCUT2D eigenvalue weighted by Crippen LogP contribution is -2.26. The van der Waals surface area contributed by atoms with Gasteiger partial charge in [0.1, 0.15) is 40.2 Å². The van der Waals surface area contributed by atoms with Gasteiger partial charge in [-0.2, -0.15) is 20.4 Å². The van der Waals surface area contributed by atoms with Crippen molar-refractivity contribution in [1.29, 1.82) is 0 Å². The van der Waals surface area contributed by atoms with E-state index in [4.69, 9.17) is 0 Å². The highest BCUT2D eigenvalue weighted by molar-refractivity contribution is 7.09. The van der Waals surface area contributed by atoms with Gasteiger partial charge < -0.3 is 26.2 Å². The fraction of sp³-hybridized carbons (Fsp3) is 0.191. The summed E-state index contributed by atoms with van der Waals surface area (Å²) in [6, 6.07) is 51.4. The number of hydrogen-bond donors (Lipinski definition) is 8. The number of ketones is 2. The zero-order valence-electron chi connectivity index (χ0n) is 66.7. The van der Waals surface area contributed by atoms with Gasteiger partial charge >= 0.3 is 0 Å². The number of nitrogens with one attached hydrogen (secondary N) is 8. The number of thiophene rings is 1. The Labute approximate surface area is 689 Å². The molecule has 0 radical (unpaired) electrons. The Morgan fingerprint density at radius 2 is 0.866 bits per heavy atom. The first-order valence-electron chi connectivity index (χ1n) is 38.5. The van der Waals surface area contributed by atoms with Crippen molar-refractivity contribution in [3.8, 4) is 45.6 Å². The van der Waals surface area contributed by atoms with Crippen molar-refractivity contribution in [2.24, 2.45) is 0 Å². The van der Waals surface area contributed by atoms with Crippen molar-refractivity contribution in [2.45, 2.75) is 114 Å². The summed E-state index contributed by atoms with van der Waals surface area (Å²) < 4.78 is 0. The van der Waals surface area contributed by atoms with E-state index in [1.807, 2.05) is 193 Å². The number of anilines is 6. The van der Waals surface area contributed by atoms with Crippen molar-refractivity contribution >= 4 is 69.6 Å². The Morgan fingerprint density at radius 1 is 0.420 bits per heavy atom. The highest BCUT2D eigenvalue weighted by Crippen LogP contribution is 2.29. The summed E-state index contributed by atoms with van der Waals surface area (Å²) in [5.41, 5.74) is 18.4. The Bertz CT molecular complexity index is 6090. The maximum Gasteiger partial charge on any atom is 0.273 e. The fourth-order valence-electron chi connectivity index (χ4n) is 12.8. The predicted molar refractivity (Wildman–Crippen MR) is 456 cm³/mol. The number of H-pyrrole nitrogens is 4. The second kappa shape index (κ2) is 38.0. The third-order valence-corrected chi connectivity index (χ3v) is 19.6. The molecule has 119 heavy (non-hydrogen) atoms. The molecule has 2 aromatic carbocycles. The Morgan fingerprint density at radius 3 is 1.29 bits per heavy atom. The molecule has 13 aromatic heterocycles. The summed E-state index contributed by atoms with van der Waals surface area (Å²) in [6.45, 7) is 17.1. The topological polar surface area (TPSA) is 389 Å². The van der Waals surface area contributed by atoms with Crippen molar-refractivity contribution in [3.05, 3.63) is 319 Å². The van der Waals surface area contributed by atoms with Gasteiger partial charge in [-0.1, -0.05) is 84.5 Å². The standard InChI is InChI=1S/C23H21N7O.C23H22N6O.C22H22N6O.C21H20N6OS/c1-14-9-20(26-21-10-15(2)28-29-21)27-22(25-14)16-7-8-19(24-11-16)23(31)30-12-17-5-3-4-6-18(17)13-30;1-15-10-19(12-20-11-16(2)28-29-20)27-22(26-15)18-8-9-21(24-14-18)23(30)25-13-17-6-4-3-5-7-17;1-14-11-20(25-21-12-15(2)27-28-21)26-22(24-14)17-8-9-18(23-13-17)19(29)10-7-16-5-3-4-6-16;1-13-10-19(24-20-11-14(2)26-27-20)25-21(23-13)15-5-7-17(22-12-15)18(28)8-6-16-4-3-9-29-16/h3-11H,12-13H2,1-2H3,(H2,25,26,27,28,29);3-11,14H,12-13H2,1-2H3,(H,25,30)(H,28,29);3,5-6,8-9,11-13H,4,7,10H2,1-2H3,(H2,24,25,26,27,28);3-5,7,9-12H,6,8H2,1-2H3,(H2,23,24,25,26,27). The molecule has 15 aromatic rings. The van der Waals surface area contributed by atoms with Gasteiger partial charge in [0.25, 0.3) is 11.8 Å². The number of benzene rings is 2. The number of allylic oxidation sites excluding steroid dienone is 4. The second-order valence-corrected chi connectivity index (χ2v) is 29.6. The number of aromatic amines is 4. The first kappa shape index (κ1) is 80.7. The molecule has 17 rings (SSSR count). The number of fused-ring (bicyclic) bond motifs is 1. The molecule has 30 heteroatoms. The summed E-state index contributed by atoms with van der Waals surface area (Å²) in [5, 5.41) is 42.8. The molecule has 8 N–H and O–H groups in total. The van der Waals surface area contributed by atoms with E-state index in [9.17, 15) is 19.2 Å². The van der Waals surface area contributed by atoms with Crippen LogP contribution >= 0.6 is 11.3 Å². The normalized spacial score (nSPS) is 11.8. The molecule has 1 aliphatic heterocycles. The molecule has 2 aliphatic rings. The van der Waals surface area contributed by atoms with Crippen molar-refractivity contribution in [3.63, 3.8) is 0 Å². The number of nitrogens with zero attached hydrogens (tertiary/aromatic N) is 17. The number of aryl methyl sites for hydroxylation is 9. The van der Waals surface area contributed by atoms with Crippen LogP contribution in [0.2, 0.25) is 0 Å². The van der Waals surface area contributed by atoms with Crippen LogP contribution in [0.15, 0.2) is 218 Å². The first-order chi connectivity index (χ1) is 57.7. The molecule has 2 amide bonds. The van der Waals surface area contributed by atoms with E-state index in [2.05, 4.69) is 152 Å². The Hall–Kier alpha value is -14.9. The lowest BCUT2D eigenvalue weighted by atomic mass is 10.1. The van der Waals surface area contributed by atoms with Crippen LogP contribution in [-0.2, 0) is 32.5 Å². The SMILES string of the molecule is Cc1cc(Cc2cc(C)[nH]n2)nc(-c2ccc(C(=O)NCc3ccccc3)nc2)n1.Cc1cc(Nc2cc(C)[nH]n2)nc(-c2ccc(C(=O)CCC3=CCC=C3)nc2)n1.Cc1cc(Nc2cc(C)[nH]n2)nc(-c2ccc(C(=O)CCc3cccs3)nc2)n1.Cc1cc(Nc2cc(C)[nH]n2)nc(-c2ccc(C(=O)N3Cc4ccccc4C3)nc2)n1. The van der Waals surface area contributed by atoms with Crippen molar-refractivity contribution in [1.82, 2.24) is 111 Å². The van der Waals surface area contributed by atoms with E-state index in [1.165, 1.54) is 21.6 Å². The Balaban J connectivity index is 0.000000130. The number of carbonyl (C=O) groups excluding carboxylic acids is 4. The summed E-state index contributed by atoms with van der Waals surface area (Å²) in [4.78, 5) is 107. The molecule has 0 bridgehead atoms. The van der Waals surface area contributed by atoms with Crippen LogP contribution in [0, 0.1) is 55.4 Å². The zero-order chi connectivity index (χ0) is 82.7. The second-order valence-electron chi connectivity index (χ2n) is 28.6. The van der Waals surface area contributed by atoms with Gasteiger partial charge in [-0.15, -0.1) is 11.3 Å². The molecular weight excluding hydrogens is 1520 g/mol. The number of carbonyl (C=O) groups is 4. The number of rotatable bonds is 24. The van der Waals surface area contributed by atoms with Gasteiger partial charge in [0.05, 0.1) is 11.4 Å². The number of aromatic nitrogens is 20. The molecule has 0 unspecified atom stereocenters. The van der Waals surface area contributed by atoms with Crippen LogP contribution in [0.3, 0.4) is 0 Å². The van der Waals surface area contributed by atoms with E-state index in [0.29, 0.717) is 120 Å². The minimum absolute atomic E-state index is 0.0337.